The van der Waals surface area contributed by atoms with Gasteiger partial charge in [-0.2, -0.15) is 0 Å². The van der Waals surface area contributed by atoms with Gasteiger partial charge in [0.05, 0.1) is 0 Å². The van der Waals surface area contributed by atoms with Gasteiger partial charge in [-0.3, -0.25) is 4.98 Å². The lowest BCUT2D eigenvalue weighted by Gasteiger charge is -2.12. The minimum Gasteiger partial charge on any atom is -0.379 e. The van der Waals surface area contributed by atoms with Crippen LogP contribution in [0.25, 0.3) is 0 Å². The molecular formula is C10H14N2. The van der Waals surface area contributed by atoms with E-state index in [0.29, 0.717) is 6.04 Å². The highest BCUT2D eigenvalue weighted by atomic mass is 14.9. The molecule has 1 aromatic heterocycles. The van der Waals surface area contributed by atoms with E-state index in [2.05, 4.69) is 23.8 Å². The molecule has 12 heavy (non-hydrogen) atoms. The number of rotatable bonds is 3. The molecule has 1 rings (SSSR count). The maximum absolute atomic E-state index is 4.01. The molecule has 0 aromatic carbocycles. The minimum atomic E-state index is 0.297. The number of anilines is 1. The van der Waals surface area contributed by atoms with Crippen molar-refractivity contribution >= 4 is 5.69 Å². The molecule has 0 spiro atoms. The lowest BCUT2D eigenvalue weighted by atomic mass is 10.2. The van der Waals surface area contributed by atoms with Crippen LogP contribution in [0.5, 0.6) is 0 Å². The van der Waals surface area contributed by atoms with Crippen molar-refractivity contribution in [3.63, 3.8) is 0 Å². The quantitative estimate of drug-likeness (QED) is 0.690. The Balaban J connectivity index is 2.75. The summed E-state index contributed by atoms with van der Waals surface area (Å²) in [6.45, 7) is 7.80. The van der Waals surface area contributed by atoms with Crippen LogP contribution in [-0.4, -0.2) is 11.0 Å². The maximum Gasteiger partial charge on any atom is 0.0413 e. The Hall–Kier alpha value is -1.31. The molecule has 1 N–H and O–H groups in total. The van der Waals surface area contributed by atoms with Gasteiger partial charge in [0.2, 0.25) is 0 Å². The fourth-order valence-corrected chi connectivity index (χ4v) is 0.940. The van der Waals surface area contributed by atoms with E-state index in [-0.39, 0.29) is 0 Å². The second kappa shape index (κ2) is 3.90. The number of hydrogen-bond donors (Lipinski definition) is 1. The van der Waals surface area contributed by atoms with Crippen LogP contribution in [0.2, 0.25) is 0 Å². The summed E-state index contributed by atoms with van der Waals surface area (Å²) >= 11 is 0. The summed E-state index contributed by atoms with van der Waals surface area (Å²) < 4.78 is 0. The van der Waals surface area contributed by atoms with Gasteiger partial charge < -0.3 is 5.32 Å². The second-order valence-corrected chi connectivity index (χ2v) is 2.86. The zero-order chi connectivity index (χ0) is 8.97. The highest BCUT2D eigenvalue weighted by Crippen LogP contribution is 2.12. The topological polar surface area (TPSA) is 24.9 Å². The van der Waals surface area contributed by atoms with Crippen LogP contribution < -0.4 is 5.32 Å². The van der Waals surface area contributed by atoms with Gasteiger partial charge in [0.1, 0.15) is 0 Å². The highest BCUT2D eigenvalue weighted by Gasteiger charge is 1.98. The number of aromatic nitrogens is 1. The van der Waals surface area contributed by atoms with Gasteiger partial charge in [-0.1, -0.05) is 6.08 Å². The lowest BCUT2D eigenvalue weighted by Crippen LogP contribution is -2.12. The van der Waals surface area contributed by atoms with Crippen molar-refractivity contribution in [1.82, 2.24) is 4.98 Å². The van der Waals surface area contributed by atoms with Crippen molar-refractivity contribution in [2.75, 3.05) is 5.32 Å². The Morgan fingerprint density at radius 3 is 3.00 bits per heavy atom. The normalized spacial score (nSPS) is 12.2. The van der Waals surface area contributed by atoms with E-state index in [1.807, 2.05) is 25.3 Å². The molecule has 2 nitrogen and oxygen atoms in total. The van der Waals surface area contributed by atoms with Crippen molar-refractivity contribution in [3.8, 4) is 0 Å². The summed E-state index contributed by atoms with van der Waals surface area (Å²) in [6.07, 6.45) is 5.50. The first-order valence-corrected chi connectivity index (χ1v) is 4.03. The number of aryl methyl sites for hydroxylation is 1. The molecular weight excluding hydrogens is 148 g/mol. The van der Waals surface area contributed by atoms with Gasteiger partial charge in [0.15, 0.2) is 0 Å². The zero-order valence-corrected chi connectivity index (χ0v) is 7.54. The monoisotopic (exact) mass is 162 g/mol. The third kappa shape index (κ3) is 2.09. The Morgan fingerprint density at radius 1 is 1.67 bits per heavy atom. The van der Waals surface area contributed by atoms with E-state index >= 15 is 0 Å². The Morgan fingerprint density at radius 2 is 2.42 bits per heavy atom. The Kier molecular flexibility index (Phi) is 2.86. The van der Waals surface area contributed by atoms with Crippen molar-refractivity contribution < 1.29 is 0 Å². The number of pyridine rings is 1. The molecule has 0 fully saturated rings. The third-order valence-corrected chi connectivity index (χ3v) is 1.76. The number of nitrogens with one attached hydrogen (secondary N) is 1. The molecule has 0 aliphatic carbocycles. The standard InChI is InChI=1S/C10H14N2/c1-4-9(3)12-10-5-6-11-7-8(10)2/h4-7,9H,1H2,2-3H3,(H,11,12). The molecule has 64 valence electrons. The van der Waals surface area contributed by atoms with Gasteiger partial charge in [-0.05, 0) is 25.5 Å². The first-order valence-electron chi connectivity index (χ1n) is 4.03. The van der Waals surface area contributed by atoms with Crippen molar-refractivity contribution in [2.24, 2.45) is 0 Å². The summed E-state index contributed by atoms with van der Waals surface area (Å²) in [7, 11) is 0. The van der Waals surface area contributed by atoms with Crippen molar-refractivity contribution in [2.45, 2.75) is 19.9 Å². The fraction of sp³-hybridized carbons (Fsp3) is 0.300. The van der Waals surface area contributed by atoms with Crippen LogP contribution in [0.3, 0.4) is 0 Å². The minimum absolute atomic E-state index is 0.297. The van der Waals surface area contributed by atoms with Crippen LogP contribution in [0.1, 0.15) is 12.5 Å². The van der Waals surface area contributed by atoms with E-state index in [0.717, 1.165) is 11.3 Å². The predicted molar refractivity (Wildman–Crippen MR) is 52.3 cm³/mol. The average molecular weight is 162 g/mol. The van der Waals surface area contributed by atoms with E-state index in [1.54, 1.807) is 6.20 Å². The molecule has 0 aliphatic heterocycles. The molecule has 0 aliphatic rings. The Labute approximate surface area is 73.3 Å². The summed E-state index contributed by atoms with van der Waals surface area (Å²) in [6, 6.07) is 2.26. The van der Waals surface area contributed by atoms with E-state index in [1.165, 1.54) is 0 Å². The van der Waals surface area contributed by atoms with Crippen LogP contribution in [0.15, 0.2) is 31.1 Å². The molecule has 1 unspecified atom stereocenters. The van der Waals surface area contributed by atoms with E-state index in [9.17, 15) is 0 Å². The fourth-order valence-electron chi connectivity index (χ4n) is 0.940. The summed E-state index contributed by atoms with van der Waals surface area (Å²) in [4.78, 5) is 4.01. The molecule has 1 heterocycles. The molecule has 0 bridgehead atoms. The molecule has 0 saturated carbocycles. The summed E-state index contributed by atoms with van der Waals surface area (Å²) in [5, 5.41) is 3.30. The van der Waals surface area contributed by atoms with Gasteiger partial charge >= 0.3 is 0 Å². The largest absolute Gasteiger partial charge is 0.379 e. The van der Waals surface area contributed by atoms with Crippen LogP contribution >= 0.6 is 0 Å². The zero-order valence-electron chi connectivity index (χ0n) is 7.54. The van der Waals surface area contributed by atoms with Gasteiger partial charge in [0.25, 0.3) is 0 Å². The van der Waals surface area contributed by atoms with Gasteiger partial charge in [-0.25, -0.2) is 0 Å². The molecule has 1 aromatic rings. The van der Waals surface area contributed by atoms with Crippen LogP contribution in [0, 0.1) is 6.92 Å². The second-order valence-electron chi connectivity index (χ2n) is 2.86. The van der Waals surface area contributed by atoms with E-state index in [4.69, 9.17) is 0 Å². The van der Waals surface area contributed by atoms with Crippen molar-refractivity contribution in [3.05, 3.63) is 36.7 Å². The lowest BCUT2D eigenvalue weighted by molar-refractivity contribution is 0.994. The molecule has 0 amide bonds. The van der Waals surface area contributed by atoms with Gasteiger partial charge in [0, 0.05) is 24.1 Å². The predicted octanol–water partition coefficient (Wildman–Crippen LogP) is 2.38. The third-order valence-electron chi connectivity index (χ3n) is 1.76. The number of nitrogens with zero attached hydrogens (tertiary/aromatic N) is 1. The average Bonchev–Trinajstić information content (AvgIpc) is 2.09. The van der Waals surface area contributed by atoms with Crippen LogP contribution in [-0.2, 0) is 0 Å². The van der Waals surface area contributed by atoms with Gasteiger partial charge in [-0.15, -0.1) is 6.58 Å². The van der Waals surface area contributed by atoms with Crippen LogP contribution in [0.4, 0.5) is 5.69 Å². The van der Waals surface area contributed by atoms with Crippen molar-refractivity contribution in [1.29, 1.82) is 0 Å². The molecule has 1 atom stereocenters. The Bertz CT molecular complexity index is 268. The first-order chi connectivity index (χ1) is 5.74. The van der Waals surface area contributed by atoms with E-state index < -0.39 is 0 Å². The highest BCUT2D eigenvalue weighted by molar-refractivity contribution is 5.49. The SMILES string of the molecule is C=CC(C)Nc1ccncc1C. The molecule has 2 heteroatoms. The smallest absolute Gasteiger partial charge is 0.0413 e. The first kappa shape index (κ1) is 8.78. The maximum atomic E-state index is 4.01. The summed E-state index contributed by atoms with van der Waals surface area (Å²) in [5.74, 6) is 0. The molecule has 0 saturated heterocycles. The molecule has 0 radical (unpaired) electrons. The summed E-state index contributed by atoms with van der Waals surface area (Å²) in [5.41, 5.74) is 2.28. The number of hydrogen-bond acceptors (Lipinski definition) is 2.